The number of amides is 1. The maximum absolute atomic E-state index is 12.4. The summed E-state index contributed by atoms with van der Waals surface area (Å²) < 4.78 is 5.59. The van der Waals surface area contributed by atoms with Crippen molar-refractivity contribution in [2.24, 2.45) is 0 Å². The number of H-pyrrole nitrogens is 2. The molecule has 0 fully saturated rings. The Hall–Kier alpha value is -2.93. The second kappa shape index (κ2) is 6.45. The normalized spacial score (nSPS) is 11.4. The Morgan fingerprint density at radius 2 is 2.04 bits per heavy atom. The van der Waals surface area contributed by atoms with E-state index in [4.69, 9.17) is 16.6 Å². The van der Waals surface area contributed by atoms with E-state index in [2.05, 4.69) is 20.5 Å². The van der Waals surface area contributed by atoms with Gasteiger partial charge in [-0.3, -0.25) is 15.0 Å². The van der Waals surface area contributed by atoms with Gasteiger partial charge in [-0.2, -0.15) is 4.98 Å². The predicted octanol–water partition coefficient (Wildman–Crippen LogP) is 3.30. The molecule has 0 saturated heterocycles. The highest BCUT2D eigenvalue weighted by Crippen LogP contribution is 2.14. The van der Waals surface area contributed by atoms with Gasteiger partial charge in [0.1, 0.15) is 5.76 Å². The zero-order valence-corrected chi connectivity index (χ0v) is 13.1. The number of hydrogen-bond donors (Lipinski definition) is 3. The van der Waals surface area contributed by atoms with Crippen molar-refractivity contribution in [1.29, 1.82) is 0 Å². The van der Waals surface area contributed by atoms with E-state index in [1.807, 2.05) is 19.1 Å². The van der Waals surface area contributed by atoms with Gasteiger partial charge in [0.15, 0.2) is 5.82 Å². The Kier molecular flexibility index (Phi) is 4.20. The largest absolute Gasteiger partial charge is 0.465 e. The minimum atomic E-state index is -0.245. The second-order valence-corrected chi connectivity index (χ2v) is 5.30. The molecule has 2 aromatic heterocycles. The van der Waals surface area contributed by atoms with Crippen molar-refractivity contribution < 1.29 is 9.21 Å². The number of aryl methyl sites for hydroxylation is 1. The smallest absolute Gasteiger partial charge is 0.255 e. The average Bonchev–Trinajstić information content (AvgIpc) is 3.19. The van der Waals surface area contributed by atoms with E-state index in [1.165, 1.54) is 0 Å². The van der Waals surface area contributed by atoms with Crippen molar-refractivity contribution in [3.8, 4) is 0 Å². The first-order valence-electron chi connectivity index (χ1n) is 6.90. The van der Waals surface area contributed by atoms with Crippen LogP contribution in [-0.4, -0.2) is 21.1 Å². The topological polar surface area (TPSA) is 86.7 Å². The number of carbonyl (C=O) groups is 1. The van der Waals surface area contributed by atoms with Crippen LogP contribution >= 0.6 is 12.2 Å². The summed E-state index contributed by atoms with van der Waals surface area (Å²) in [6.07, 6.45) is 3.23. The standard InChI is InChI=1S/C16H14N4O2S/c1-10-4-6-11(7-5-10)15(21)17-13(9-12-3-2-8-22-12)14-18-16(23)20-19-14/h2-9H,1H3,(H,17,21)(H2,18,19,20,23)/b13-9-. The molecule has 0 atom stereocenters. The van der Waals surface area contributed by atoms with Gasteiger partial charge in [0.25, 0.3) is 5.91 Å². The Labute approximate surface area is 137 Å². The number of benzene rings is 1. The summed E-state index contributed by atoms with van der Waals surface area (Å²) in [5, 5.41) is 8.35. The molecule has 0 bridgehead atoms. The van der Waals surface area contributed by atoms with Crippen molar-refractivity contribution in [2.45, 2.75) is 6.92 Å². The number of nitrogens with zero attached hydrogens (tertiary/aromatic N) is 1. The lowest BCUT2D eigenvalue weighted by Crippen LogP contribution is -2.22. The van der Waals surface area contributed by atoms with Crippen LogP contribution in [0.5, 0.6) is 0 Å². The molecule has 116 valence electrons. The van der Waals surface area contributed by atoms with E-state index in [1.54, 1.807) is 36.6 Å². The van der Waals surface area contributed by atoms with Crippen LogP contribution in [0.1, 0.15) is 27.5 Å². The second-order valence-electron chi connectivity index (χ2n) is 4.91. The van der Waals surface area contributed by atoms with Crippen LogP contribution in [0.2, 0.25) is 0 Å². The lowest BCUT2D eigenvalue weighted by atomic mass is 10.1. The van der Waals surface area contributed by atoms with Crippen molar-refractivity contribution >= 4 is 29.9 Å². The van der Waals surface area contributed by atoms with Crippen molar-refractivity contribution in [3.63, 3.8) is 0 Å². The average molecular weight is 326 g/mol. The van der Waals surface area contributed by atoms with Gasteiger partial charge in [0.05, 0.1) is 12.0 Å². The SMILES string of the molecule is Cc1ccc(C(=O)N/C(=C\c2ccco2)c2nc(=S)[nH][nH]2)cc1. The fraction of sp³-hybridized carbons (Fsp3) is 0.0625. The molecule has 0 saturated carbocycles. The molecule has 0 radical (unpaired) electrons. The van der Waals surface area contributed by atoms with E-state index in [9.17, 15) is 4.79 Å². The van der Waals surface area contributed by atoms with Crippen LogP contribution in [0.15, 0.2) is 47.1 Å². The third kappa shape index (κ3) is 3.64. The molecule has 3 aromatic rings. The minimum Gasteiger partial charge on any atom is -0.465 e. The van der Waals surface area contributed by atoms with Crippen molar-refractivity contribution in [3.05, 3.63) is 70.1 Å². The highest BCUT2D eigenvalue weighted by Gasteiger charge is 2.12. The molecule has 1 amide bonds. The van der Waals surface area contributed by atoms with E-state index >= 15 is 0 Å². The number of nitrogens with one attached hydrogen (secondary N) is 3. The minimum absolute atomic E-state index is 0.245. The Bertz CT molecular complexity index is 889. The first kappa shape index (κ1) is 15.0. The Balaban J connectivity index is 1.91. The Morgan fingerprint density at radius 1 is 1.26 bits per heavy atom. The van der Waals surface area contributed by atoms with Gasteiger partial charge in [0, 0.05) is 11.6 Å². The van der Waals surface area contributed by atoms with Crippen LogP contribution in [0.4, 0.5) is 0 Å². The number of hydrogen-bond acceptors (Lipinski definition) is 4. The molecule has 0 unspecified atom stereocenters. The van der Waals surface area contributed by atoms with Crippen molar-refractivity contribution in [1.82, 2.24) is 20.5 Å². The zero-order chi connectivity index (χ0) is 16.2. The fourth-order valence-electron chi connectivity index (χ4n) is 1.98. The van der Waals surface area contributed by atoms with E-state index in [0.29, 0.717) is 27.6 Å². The monoisotopic (exact) mass is 326 g/mol. The van der Waals surface area contributed by atoms with Crippen LogP contribution in [0, 0.1) is 11.7 Å². The molecule has 0 spiro atoms. The quantitative estimate of drug-likeness (QED) is 0.642. The lowest BCUT2D eigenvalue weighted by molar-refractivity contribution is 0.0973. The number of rotatable bonds is 4. The van der Waals surface area contributed by atoms with Gasteiger partial charge < -0.3 is 9.73 Å². The summed E-state index contributed by atoms with van der Waals surface area (Å²) in [4.78, 5) is 16.5. The molecule has 6 nitrogen and oxygen atoms in total. The van der Waals surface area contributed by atoms with E-state index in [-0.39, 0.29) is 5.91 Å². The number of aromatic nitrogens is 3. The Morgan fingerprint density at radius 3 is 2.65 bits per heavy atom. The van der Waals surface area contributed by atoms with Crippen LogP contribution in [0.25, 0.3) is 11.8 Å². The summed E-state index contributed by atoms with van der Waals surface area (Å²) in [5.41, 5.74) is 2.09. The molecule has 7 heteroatoms. The summed E-state index contributed by atoms with van der Waals surface area (Å²) in [5.74, 6) is 0.767. The molecular weight excluding hydrogens is 312 g/mol. The first-order valence-corrected chi connectivity index (χ1v) is 7.31. The molecule has 0 aliphatic rings. The molecule has 0 aliphatic carbocycles. The van der Waals surface area contributed by atoms with Gasteiger partial charge in [-0.1, -0.05) is 17.7 Å². The molecule has 0 aliphatic heterocycles. The maximum atomic E-state index is 12.4. The van der Waals surface area contributed by atoms with Gasteiger partial charge in [0.2, 0.25) is 4.77 Å². The number of aromatic amines is 2. The number of carbonyl (C=O) groups excluding carboxylic acids is 1. The fourth-order valence-corrected chi connectivity index (χ4v) is 2.12. The lowest BCUT2D eigenvalue weighted by Gasteiger charge is -2.07. The molecule has 23 heavy (non-hydrogen) atoms. The summed E-state index contributed by atoms with van der Waals surface area (Å²) >= 11 is 4.96. The summed E-state index contributed by atoms with van der Waals surface area (Å²) in [6, 6.07) is 10.8. The molecule has 3 rings (SSSR count). The van der Waals surface area contributed by atoms with Crippen LogP contribution < -0.4 is 5.32 Å². The van der Waals surface area contributed by atoms with Gasteiger partial charge in [-0.25, -0.2) is 0 Å². The highest BCUT2D eigenvalue weighted by molar-refractivity contribution is 7.71. The molecular formula is C16H14N4O2S. The third-order valence-corrected chi connectivity index (χ3v) is 3.34. The van der Waals surface area contributed by atoms with E-state index < -0.39 is 0 Å². The number of furan rings is 1. The first-order chi connectivity index (χ1) is 11.1. The zero-order valence-electron chi connectivity index (χ0n) is 12.3. The van der Waals surface area contributed by atoms with E-state index in [0.717, 1.165) is 5.56 Å². The molecule has 3 N–H and O–H groups in total. The predicted molar refractivity (Wildman–Crippen MR) is 89.0 cm³/mol. The molecule has 1 aromatic carbocycles. The highest BCUT2D eigenvalue weighted by atomic mass is 32.1. The third-order valence-electron chi connectivity index (χ3n) is 3.15. The summed E-state index contributed by atoms with van der Waals surface area (Å²) in [6.45, 7) is 1.97. The van der Waals surface area contributed by atoms with Gasteiger partial charge >= 0.3 is 0 Å². The molecule has 2 heterocycles. The van der Waals surface area contributed by atoms with Crippen LogP contribution in [0.3, 0.4) is 0 Å². The maximum Gasteiger partial charge on any atom is 0.255 e. The van der Waals surface area contributed by atoms with Gasteiger partial charge in [-0.15, -0.1) is 0 Å². The van der Waals surface area contributed by atoms with Crippen molar-refractivity contribution in [2.75, 3.05) is 0 Å². The summed E-state index contributed by atoms with van der Waals surface area (Å²) in [7, 11) is 0. The van der Waals surface area contributed by atoms with Gasteiger partial charge in [-0.05, 0) is 43.4 Å². The van der Waals surface area contributed by atoms with Crippen LogP contribution in [-0.2, 0) is 0 Å².